The van der Waals surface area contributed by atoms with Gasteiger partial charge in [0.15, 0.2) is 5.78 Å². The van der Waals surface area contributed by atoms with Crippen molar-refractivity contribution in [3.8, 4) is 0 Å². The minimum absolute atomic E-state index is 0.101. The van der Waals surface area contributed by atoms with Crippen molar-refractivity contribution in [1.82, 2.24) is 9.78 Å². The van der Waals surface area contributed by atoms with Gasteiger partial charge in [0.25, 0.3) is 0 Å². The summed E-state index contributed by atoms with van der Waals surface area (Å²) in [6, 6.07) is 9.79. The van der Waals surface area contributed by atoms with Crippen molar-refractivity contribution in [1.29, 1.82) is 0 Å². The molecule has 0 N–H and O–H groups in total. The molecule has 0 atom stereocenters. The van der Waals surface area contributed by atoms with E-state index >= 15 is 0 Å². The summed E-state index contributed by atoms with van der Waals surface area (Å²) in [5, 5.41) is 4.31. The van der Waals surface area contributed by atoms with Gasteiger partial charge in [-0.2, -0.15) is 5.10 Å². The number of aromatic nitrogens is 2. The molecule has 18 heavy (non-hydrogen) atoms. The Labute approximate surface area is 107 Å². The highest BCUT2D eigenvalue weighted by Crippen LogP contribution is 2.08. The van der Waals surface area contributed by atoms with Crippen molar-refractivity contribution in [2.24, 2.45) is 0 Å². The second kappa shape index (κ2) is 5.17. The number of aryl methyl sites for hydroxylation is 3. The Morgan fingerprint density at radius 3 is 2.39 bits per heavy atom. The quantitative estimate of drug-likeness (QED) is 0.773. The lowest BCUT2D eigenvalue weighted by molar-refractivity contribution is 0.0966. The predicted octanol–water partition coefficient (Wildman–Crippen LogP) is 2.95. The van der Waals surface area contributed by atoms with Gasteiger partial charge in [-0.3, -0.25) is 9.48 Å². The summed E-state index contributed by atoms with van der Waals surface area (Å²) < 4.78 is 1.76. The molecule has 3 nitrogen and oxygen atoms in total. The number of ketones is 1. The van der Waals surface area contributed by atoms with Crippen molar-refractivity contribution in [3.63, 3.8) is 0 Å². The van der Waals surface area contributed by atoms with E-state index in [-0.39, 0.29) is 5.78 Å². The number of rotatable bonds is 4. The van der Waals surface area contributed by atoms with E-state index in [4.69, 9.17) is 0 Å². The maximum atomic E-state index is 12.1. The zero-order chi connectivity index (χ0) is 13.1. The second-order valence-electron chi connectivity index (χ2n) is 4.56. The molecular weight excluding hydrogens is 224 g/mol. The maximum absolute atomic E-state index is 12.1. The Morgan fingerprint density at radius 1 is 1.22 bits per heavy atom. The molecule has 0 aliphatic rings. The molecule has 0 bridgehead atoms. The largest absolute Gasteiger partial charge is 0.292 e. The second-order valence-corrected chi connectivity index (χ2v) is 4.56. The van der Waals surface area contributed by atoms with Gasteiger partial charge in [0.2, 0.25) is 0 Å². The first-order valence-electron chi connectivity index (χ1n) is 6.23. The Balaban J connectivity index is 2.14. The van der Waals surface area contributed by atoms with Gasteiger partial charge < -0.3 is 0 Å². The molecule has 0 radical (unpaired) electrons. The fraction of sp³-hybridized carbons (Fsp3) is 0.333. The first-order valence-corrected chi connectivity index (χ1v) is 6.23. The molecule has 94 valence electrons. The molecule has 0 saturated carbocycles. The van der Waals surface area contributed by atoms with Gasteiger partial charge in [-0.1, -0.05) is 31.2 Å². The summed E-state index contributed by atoms with van der Waals surface area (Å²) in [5.74, 6) is 0.101. The van der Waals surface area contributed by atoms with Crippen LogP contribution in [0.5, 0.6) is 0 Å². The van der Waals surface area contributed by atoms with Crippen molar-refractivity contribution >= 4 is 5.78 Å². The molecule has 1 aromatic heterocycles. The average Bonchev–Trinajstić information content (AvgIpc) is 2.68. The minimum Gasteiger partial charge on any atom is -0.292 e. The van der Waals surface area contributed by atoms with E-state index in [9.17, 15) is 4.79 Å². The van der Waals surface area contributed by atoms with E-state index in [1.165, 1.54) is 5.56 Å². The predicted molar refractivity (Wildman–Crippen MR) is 71.9 cm³/mol. The van der Waals surface area contributed by atoms with Crippen LogP contribution in [0.3, 0.4) is 0 Å². The lowest BCUT2D eigenvalue weighted by atomic mass is 10.1. The molecule has 0 aliphatic heterocycles. The van der Waals surface area contributed by atoms with Gasteiger partial charge in [-0.25, -0.2) is 0 Å². The van der Waals surface area contributed by atoms with E-state index in [1.54, 1.807) is 4.68 Å². The third kappa shape index (κ3) is 2.67. The van der Waals surface area contributed by atoms with Crippen LogP contribution < -0.4 is 0 Å². The summed E-state index contributed by atoms with van der Waals surface area (Å²) in [5.41, 5.74) is 3.96. The molecule has 0 aliphatic carbocycles. The van der Waals surface area contributed by atoms with Crippen LogP contribution in [0.25, 0.3) is 0 Å². The summed E-state index contributed by atoms with van der Waals surface area (Å²) in [6.07, 6.45) is 0.992. The number of hydrogen-bond acceptors (Lipinski definition) is 2. The normalized spacial score (nSPS) is 10.6. The van der Waals surface area contributed by atoms with Gasteiger partial charge in [-0.15, -0.1) is 0 Å². The van der Waals surface area contributed by atoms with Gasteiger partial charge >= 0.3 is 0 Å². The SMILES string of the molecule is CCc1ccc(C(=O)Cn2nc(C)cc2C)cc1. The third-order valence-electron chi connectivity index (χ3n) is 3.08. The van der Waals surface area contributed by atoms with Crippen molar-refractivity contribution in [2.45, 2.75) is 33.7 Å². The molecule has 0 unspecified atom stereocenters. The van der Waals surface area contributed by atoms with Gasteiger partial charge in [0.05, 0.1) is 5.69 Å². The van der Waals surface area contributed by atoms with Crippen LogP contribution in [0.1, 0.15) is 34.2 Å². The molecular formula is C15H18N2O. The fourth-order valence-electron chi connectivity index (χ4n) is 1.99. The molecule has 2 rings (SSSR count). The number of nitrogens with zero attached hydrogens (tertiary/aromatic N) is 2. The number of benzene rings is 1. The number of carbonyl (C=O) groups excluding carboxylic acids is 1. The average molecular weight is 242 g/mol. The lowest BCUT2D eigenvalue weighted by Gasteiger charge is -2.04. The summed E-state index contributed by atoms with van der Waals surface area (Å²) in [4.78, 5) is 12.1. The van der Waals surface area contributed by atoms with Gasteiger partial charge in [0.1, 0.15) is 6.54 Å². The number of Topliss-reactive ketones (excluding diaryl/α,β-unsaturated/α-hetero) is 1. The summed E-state index contributed by atoms with van der Waals surface area (Å²) in [7, 11) is 0. The maximum Gasteiger partial charge on any atom is 0.184 e. The van der Waals surface area contributed by atoms with Crippen LogP contribution in [0, 0.1) is 13.8 Å². The zero-order valence-electron chi connectivity index (χ0n) is 11.1. The summed E-state index contributed by atoms with van der Waals surface area (Å²) in [6.45, 7) is 6.31. The third-order valence-corrected chi connectivity index (χ3v) is 3.08. The van der Waals surface area contributed by atoms with E-state index in [0.717, 1.165) is 23.4 Å². The Hall–Kier alpha value is -1.90. The molecule has 0 fully saturated rings. The standard InChI is InChI=1S/C15H18N2O/c1-4-13-5-7-14(8-6-13)15(18)10-17-12(3)9-11(2)16-17/h5-9H,4,10H2,1-3H3. The molecule has 0 saturated heterocycles. The van der Waals surface area contributed by atoms with E-state index < -0.39 is 0 Å². The highest BCUT2D eigenvalue weighted by atomic mass is 16.1. The molecule has 3 heteroatoms. The monoisotopic (exact) mass is 242 g/mol. The van der Waals surface area contributed by atoms with Crippen LogP contribution in [0.15, 0.2) is 30.3 Å². The van der Waals surface area contributed by atoms with Gasteiger partial charge in [-0.05, 0) is 31.9 Å². The number of hydrogen-bond donors (Lipinski definition) is 0. The Kier molecular flexibility index (Phi) is 3.60. The van der Waals surface area contributed by atoms with Crippen LogP contribution in [0.4, 0.5) is 0 Å². The van der Waals surface area contributed by atoms with Crippen molar-refractivity contribution in [2.75, 3.05) is 0 Å². The number of carbonyl (C=O) groups is 1. The molecule has 1 heterocycles. The molecule has 2 aromatic rings. The Morgan fingerprint density at radius 2 is 1.89 bits per heavy atom. The molecule has 0 amide bonds. The van der Waals surface area contributed by atoms with Crippen LogP contribution >= 0.6 is 0 Å². The zero-order valence-corrected chi connectivity index (χ0v) is 11.1. The molecule has 0 spiro atoms. The highest BCUT2D eigenvalue weighted by molar-refractivity contribution is 5.95. The van der Waals surface area contributed by atoms with Crippen molar-refractivity contribution < 1.29 is 4.79 Å². The van der Waals surface area contributed by atoms with E-state index in [2.05, 4.69) is 12.0 Å². The van der Waals surface area contributed by atoms with Crippen LogP contribution in [0.2, 0.25) is 0 Å². The smallest absolute Gasteiger partial charge is 0.184 e. The molecule has 1 aromatic carbocycles. The van der Waals surface area contributed by atoms with Gasteiger partial charge in [0, 0.05) is 11.3 Å². The minimum atomic E-state index is 0.101. The Bertz CT molecular complexity index is 552. The van der Waals surface area contributed by atoms with Crippen LogP contribution in [-0.4, -0.2) is 15.6 Å². The van der Waals surface area contributed by atoms with E-state index in [0.29, 0.717) is 6.54 Å². The van der Waals surface area contributed by atoms with Crippen LogP contribution in [-0.2, 0) is 13.0 Å². The van der Waals surface area contributed by atoms with E-state index in [1.807, 2.05) is 44.2 Å². The lowest BCUT2D eigenvalue weighted by Crippen LogP contribution is -2.13. The first kappa shape index (κ1) is 12.6. The fourth-order valence-corrected chi connectivity index (χ4v) is 1.99. The summed E-state index contributed by atoms with van der Waals surface area (Å²) >= 11 is 0. The topological polar surface area (TPSA) is 34.9 Å². The van der Waals surface area contributed by atoms with Crippen molar-refractivity contribution in [3.05, 3.63) is 52.8 Å². The highest BCUT2D eigenvalue weighted by Gasteiger charge is 2.09. The first-order chi connectivity index (χ1) is 8.60.